The first-order valence-corrected chi connectivity index (χ1v) is 6.94. The van der Waals surface area contributed by atoms with Gasteiger partial charge in [0.05, 0.1) is 6.61 Å². The zero-order valence-corrected chi connectivity index (χ0v) is 10.6. The van der Waals surface area contributed by atoms with Crippen LogP contribution in [-0.2, 0) is 4.79 Å². The number of hydrogen-bond donors (Lipinski definition) is 1. The SMILES string of the molecule is O=C(CCN1CCCC1)N(CCO)C1CCC1. The number of carbonyl (C=O) groups excluding carboxylic acids is 1. The lowest BCUT2D eigenvalue weighted by molar-refractivity contribution is -0.136. The molecule has 1 N–H and O–H groups in total. The van der Waals surface area contributed by atoms with Crippen LogP contribution in [-0.4, -0.2) is 59.6 Å². The van der Waals surface area contributed by atoms with Crippen molar-refractivity contribution in [3.8, 4) is 0 Å². The van der Waals surface area contributed by atoms with E-state index in [4.69, 9.17) is 5.11 Å². The molecule has 0 aromatic heterocycles. The fraction of sp³-hybridized carbons (Fsp3) is 0.923. The lowest BCUT2D eigenvalue weighted by Gasteiger charge is -2.37. The maximum absolute atomic E-state index is 12.1. The van der Waals surface area contributed by atoms with Gasteiger partial charge in [-0.25, -0.2) is 0 Å². The molecule has 0 aromatic carbocycles. The lowest BCUT2D eigenvalue weighted by atomic mass is 9.91. The zero-order valence-electron chi connectivity index (χ0n) is 10.6. The molecule has 1 aliphatic carbocycles. The van der Waals surface area contributed by atoms with E-state index in [1.165, 1.54) is 19.3 Å². The molecular formula is C13H24N2O2. The number of hydrogen-bond acceptors (Lipinski definition) is 3. The van der Waals surface area contributed by atoms with Crippen LogP contribution >= 0.6 is 0 Å². The molecule has 0 atom stereocenters. The lowest BCUT2D eigenvalue weighted by Crippen LogP contribution is -2.46. The van der Waals surface area contributed by atoms with E-state index >= 15 is 0 Å². The van der Waals surface area contributed by atoms with Crippen molar-refractivity contribution < 1.29 is 9.90 Å². The summed E-state index contributed by atoms with van der Waals surface area (Å²) in [6.07, 6.45) is 6.64. The molecule has 0 aromatic rings. The highest BCUT2D eigenvalue weighted by molar-refractivity contribution is 5.76. The van der Waals surface area contributed by atoms with E-state index in [1.54, 1.807) is 0 Å². The van der Waals surface area contributed by atoms with Crippen molar-refractivity contribution in [2.45, 2.75) is 44.6 Å². The van der Waals surface area contributed by atoms with Crippen LogP contribution in [0.3, 0.4) is 0 Å². The van der Waals surface area contributed by atoms with Crippen LogP contribution < -0.4 is 0 Å². The fourth-order valence-electron chi connectivity index (χ4n) is 2.72. The summed E-state index contributed by atoms with van der Waals surface area (Å²) in [6, 6.07) is 0.410. The number of aliphatic hydroxyl groups excluding tert-OH is 1. The molecule has 98 valence electrons. The largest absolute Gasteiger partial charge is 0.395 e. The minimum atomic E-state index is 0.0892. The van der Waals surface area contributed by atoms with Crippen LogP contribution in [0, 0.1) is 0 Å². The van der Waals surface area contributed by atoms with Crippen molar-refractivity contribution in [3.05, 3.63) is 0 Å². The van der Waals surface area contributed by atoms with E-state index in [2.05, 4.69) is 4.90 Å². The molecule has 1 aliphatic heterocycles. The highest BCUT2D eigenvalue weighted by atomic mass is 16.3. The van der Waals surface area contributed by atoms with Gasteiger partial charge in [-0.15, -0.1) is 0 Å². The van der Waals surface area contributed by atoms with E-state index < -0.39 is 0 Å². The van der Waals surface area contributed by atoms with E-state index in [0.29, 0.717) is 19.0 Å². The van der Waals surface area contributed by atoms with Crippen LogP contribution in [0.4, 0.5) is 0 Å². The molecule has 2 fully saturated rings. The summed E-state index contributed by atoms with van der Waals surface area (Å²) in [7, 11) is 0. The number of rotatable bonds is 6. The maximum atomic E-state index is 12.1. The first-order valence-electron chi connectivity index (χ1n) is 6.94. The molecule has 0 radical (unpaired) electrons. The summed E-state index contributed by atoms with van der Waals surface area (Å²) in [5.41, 5.74) is 0. The molecule has 4 heteroatoms. The molecule has 1 saturated carbocycles. The van der Waals surface area contributed by atoms with E-state index in [-0.39, 0.29) is 12.5 Å². The molecule has 1 saturated heterocycles. The van der Waals surface area contributed by atoms with Crippen LogP contribution in [0.2, 0.25) is 0 Å². The van der Waals surface area contributed by atoms with Gasteiger partial charge in [0.15, 0.2) is 0 Å². The number of carbonyl (C=O) groups is 1. The van der Waals surface area contributed by atoms with Crippen molar-refractivity contribution in [1.82, 2.24) is 9.80 Å². The molecule has 1 heterocycles. The summed E-state index contributed by atoms with van der Waals surface area (Å²) in [5, 5.41) is 9.03. The van der Waals surface area contributed by atoms with Gasteiger partial charge in [-0.2, -0.15) is 0 Å². The second-order valence-electron chi connectivity index (χ2n) is 5.19. The van der Waals surface area contributed by atoms with Crippen LogP contribution in [0.5, 0.6) is 0 Å². The average Bonchev–Trinajstić information content (AvgIpc) is 2.75. The quantitative estimate of drug-likeness (QED) is 0.748. The molecule has 17 heavy (non-hydrogen) atoms. The minimum Gasteiger partial charge on any atom is -0.395 e. The third-order valence-corrected chi connectivity index (χ3v) is 4.02. The Morgan fingerprint density at radius 1 is 1.24 bits per heavy atom. The standard InChI is InChI=1S/C13H24N2O2/c16-11-10-15(12-4-3-5-12)13(17)6-9-14-7-1-2-8-14/h12,16H,1-11H2. The highest BCUT2D eigenvalue weighted by Gasteiger charge is 2.28. The van der Waals surface area contributed by atoms with Gasteiger partial charge >= 0.3 is 0 Å². The number of nitrogens with zero attached hydrogens (tertiary/aromatic N) is 2. The monoisotopic (exact) mass is 240 g/mol. The Labute approximate surface area is 104 Å². The Bertz CT molecular complexity index is 248. The van der Waals surface area contributed by atoms with Gasteiger partial charge in [-0.1, -0.05) is 0 Å². The summed E-state index contributed by atoms with van der Waals surface area (Å²) in [4.78, 5) is 16.4. The number of amides is 1. The van der Waals surface area contributed by atoms with Gasteiger partial charge in [0.25, 0.3) is 0 Å². The van der Waals surface area contributed by atoms with Crippen LogP contribution in [0.25, 0.3) is 0 Å². The van der Waals surface area contributed by atoms with Crippen molar-refractivity contribution in [2.75, 3.05) is 32.8 Å². The maximum Gasteiger partial charge on any atom is 0.224 e. The summed E-state index contributed by atoms with van der Waals surface area (Å²) in [6.45, 7) is 3.80. The summed E-state index contributed by atoms with van der Waals surface area (Å²) in [5.74, 6) is 0.232. The normalized spacial score (nSPS) is 21.5. The van der Waals surface area contributed by atoms with Crippen molar-refractivity contribution in [3.63, 3.8) is 0 Å². The molecule has 2 aliphatic rings. The molecule has 1 amide bonds. The molecule has 0 bridgehead atoms. The van der Waals surface area contributed by atoms with Crippen molar-refractivity contribution in [2.24, 2.45) is 0 Å². The van der Waals surface area contributed by atoms with E-state index in [9.17, 15) is 4.79 Å². The van der Waals surface area contributed by atoms with Crippen molar-refractivity contribution in [1.29, 1.82) is 0 Å². The van der Waals surface area contributed by atoms with Crippen molar-refractivity contribution >= 4 is 5.91 Å². The van der Waals surface area contributed by atoms with Gasteiger partial charge in [-0.3, -0.25) is 4.79 Å². The first kappa shape index (κ1) is 12.8. The minimum absolute atomic E-state index is 0.0892. The Balaban J connectivity index is 1.74. The van der Waals surface area contributed by atoms with Gasteiger partial charge in [0.1, 0.15) is 0 Å². The molecule has 0 spiro atoms. The van der Waals surface area contributed by atoms with Gasteiger partial charge < -0.3 is 14.9 Å². The fourth-order valence-corrected chi connectivity index (χ4v) is 2.72. The summed E-state index contributed by atoms with van der Waals surface area (Å²) < 4.78 is 0. The van der Waals surface area contributed by atoms with Crippen LogP contribution in [0.15, 0.2) is 0 Å². The first-order chi connectivity index (χ1) is 8.31. The predicted octanol–water partition coefficient (Wildman–Crippen LogP) is 0.846. The molecular weight excluding hydrogens is 216 g/mol. The number of likely N-dealkylation sites (tertiary alicyclic amines) is 1. The van der Waals surface area contributed by atoms with Gasteiger partial charge in [-0.05, 0) is 45.2 Å². The Morgan fingerprint density at radius 3 is 2.47 bits per heavy atom. The zero-order chi connectivity index (χ0) is 12.1. The molecule has 2 rings (SSSR count). The van der Waals surface area contributed by atoms with Gasteiger partial charge in [0.2, 0.25) is 5.91 Å². The highest BCUT2D eigenvalue weighted by Crippen LogP contribution is 2.25. The van der Waals surface area contributed by atoms with E-state index in [1.807, 2.05) is 4.90 Å². The Morgan fingerprint density at radius 2 is 1.94 bits per heavy atom. The third kappa shape index (κ3) is 3.42. The Kier molecular flexibility index (Phi) is 4.80. The molecule has 4 nitrogen and oxygen atoms in total. The van der Waals surface area contributed by atoms with Crippen LogP contribution in [0.1, 0.15) is 38.5 Å². The Hall–Kier alpha value is -0.610. The smallest absolute Gasteiger partial charge is 0.224 e. The second-order valence-corrected chi connectivity index (χ2v) is 5.19. The molecule has 0 unspecified atom stereocenters. The van der Waals surface area contributed by atoms with Gasteiger partial charge in [0, 0.05) is 25.6 Å². The summed E-state index contributed by atoms with van der Waals surface area (Å²) >= 11 is 0. The second kappa shape index (κ2) is 6.36. The number of aliphatic hydroxyl groups is 1. The topological polar surface area (TPSA) is 43.8 Å². The average molecular weight is 240 g/mol. The third-order valence-electron chi connectivity index (χ3n) is 4.02. The predicted molar refractivity (Wildman–Crippen MR) is 66.7 cm³/mol. The van der Waals surface area contributed by atoms with E-state index in [0.717, 1.165) is 32.5 Å².